The molecule has 0 atom stereocenters. The molecule has 2 amide bonds. The fourth-order valence-corrected chi connectivity index (χ4v) is 3.67. The minimum Gasteiger partial charge on any atom is -0.481 e. The van der Waals surface area contributed by atoms with E-state index in [0.29, 0.717) is 46.4 Å². The highest BCUT2D eigenvalue weighted by atomic mass is 35.5. The van der Waals surface area contributed by atoms with Crippen LogP contribution in [0.4, 0.5) is 0 Å². The van der Waals surface area contributed by atoms with Crippen LogP contribution in [-0.2, 0) is 14.4 Å². The van der Waals surface area contributed by atoms with E-state index >= 15 is 0 Å². The van der Waals surface area contributed by atoms with Crippen LogP contribution >= 0.6 is 35.4 Å². The topological polar surface area (TPSA) is 99.8 Å². The third kappa shape index (κ3) is 5.72. The van der Waals surface area contributed by atoms with Crippen LogP contribution in [0.1, 0.15) is 31.4 Å². The van der Waals surface area contributed by atoms with Crippen LogP contribution in [-0.4, -0.2) is 39.4 Å². The van der Waals surface area contributed by atoms with Gasteiger partial charge in [-0.1, -0.05) is 29.6 Å². The van der Waals surface area contributed by atoms with E-state index in [1.54, 1.807) is 30.3 Å². The van der Waals surface area contributed by atoms with Gasteiger partial charge in [0.1, 0.15) is 17.1 Å². The number of nitrogens with zero attached hydrogens (tertiary/aromatic N) is 1. The van der Waals surface area contributed by atoms with Crippen LogP contribution in [0.3, 0.4) is 0 Å². The lowest BCUT2D eigenvalue weighted by Gasteiger charge is -2.28. The minimum absolute atomic E-state index is 0.0243. The molecule has 3 rings (SSSR count). The van der Waals surface area contributed by atoms with Crippen molar-refractivity contribution in [3.8, 4) is 11.3 Å². The molecule has 0 radical (unpaired) electrons. The summed E-state index contributed by atoms with van der Waals surface area (Å²) in [6.45, 7) is 0.274. The van der Waals surface area contributed by atoms with Crippen molar-refractivity contribution in [2.24, 2.45) is 0 Å². The molecule has 2 heterocycles. The largest absolute Gasteiger partial charge is 0.481 e. The third-order valence-electron chi connectivity index (χ3n) is 4.57. The Morgan fingerprint density at radius 3 is 2.68 bits per heavy atom. The molecule has 7 nitrogen and oxygen atoms in total. The summed E-state index contributed by atoms with van der Waals surface area (Å²) in [5, 5.41) is 12.2. The Bertz CT molecular complexity index is 1080. The molecule has 1 fully saturated rings. The van der Waals surface area contributed by atoms with E-state index in [0.717, 1.165) is 0 Å². The lowest BCUT2D eigenvalue weighted by atomic mass is 10.1. The molecule has 1 saturated heterocycles. The maximum atomic E-state index is 12.8. The van der Waals surface area contributed by atoms with Gasteiger partial charge in [0.05, 0.1) is 5.02 Å². The second kappa shape index (κ2) is 10.1. The highest BCUT2D eigenvalue weighted by Gasteiger charge is 2.33. The molecule has 10 heteroatoms. The van der Waals surface area contributed by atoms with Gasteiger partial charge in [-0.05, 0) is 61.5 Å². The van der Waals surface area contributed by atoms with Crippen molar-refractivity contribution in [3.05, 3.63) is 51.7 Å². The predicted molar refractivity (Wildman–Crippen MR) is 121 cm³/mol. The van der Waals surface area contributed by atoms with E-state index in [1.807, 2.05) is 0 Å². The number of amides is 2. The number of carboxylic acid groups (broad SMARTS) is 1. The van der Waals surface area contributed by atoms with Gasteiger partial charge < -0.3 is 9.52 Å². The molecule has 31 heavy (non-hydrogen) atoms. The molecule has 0 aliphatic carbocycles. The number of carbonyl (C=O) groups is 3. The van der Waals surface area contributed by atoms with Gasteiger partial charge in [0.15, 0.2) is 5.11 Å². The highest BCUT2D eigenvalue weighted by Crippen LogP contribution is 2.32. The zero-order valence-corrected chi connectivity index (χ0v) is 18.5. The second-order valence-electron chi connectivity index (χ2n) is 6.80. The summed E-state index contributed by atoms with van der Waals surface area (Å²) < 4.78 is 5.74. The number of rotatable bonds is 8. The molecule has 0 spiro atoms. The van der Waals surface area contributed by atoms with Crippen LogP contribution in [0.25, 0.3) is 17.4 Å². The Morgan fingerprint density at radius 1 is 1.16 bits per heavy atom. The molecule has 2 aromatic rings. The molecule has 0 bridgehead atoms. The molecule has 1 aliphatic heterocycles. The quantitative estimate of drug-likeness (QED) is 0.249. The van der Waals surface area contributed by atoms with E-state index in [1.165, 1.54) is 11.0 Å². The molecule has 2 N–H and O–H groups in total. The normalized spacial score (nSPS) is 15.5. The van der Waals surface area contributed by atoms with E-state index in [-0.39, 0.29) is 23.7 Å². The number of hydrogen-bond acceptors (Lipinski definition) is 5. The summed E-state index contributed by atoms with van der Waals surface area (Å²) in [4.78, 5) is 37.0. The van der Waals surface area contributed by atoms with Crippen LogP contribution < -0.4 is 5.32 Å². The average Bonchev–Trinajstić information content (AvgIpc) is 3.17. The van der Waals surface area contributed by atoms with Gasteiger partial charge in [0.25, 0.3) is 11.8 Å². The molecule has 1 aromatic heterocycles. The monoisotopic (exact) mass is 480 g/mol. The number of thiocarbonyl (C=S) groups is 1. The number of hydrogen-bond donors (Lipinski definition) is 2. The van der Waals surface area contributed by atoms with Gasteiger partial charge in [0, 0.05) is 23.6 Å². The fourth-order valence-electron chi connectivity index (χ4n) is 3.02. The molecule has 0 saturated carbocycles. The summed E-state index contributed by atoms with van der Waals surface area (Å²) in [5.74, 6) is -1.28. The smallest absolute Gasteiger partial charge is 0.303 e. The zero-order valence-electron chi connectivity index (χ0n) is 16.2. The van der Waals surface area contributed by atoms with Gasteiger partial charge in [-0.3, -0.25) is 24.6 Å². The first-order valence-electron chi connectivity index (χ1n) is 9.42. The second-order valence-corrected chi connectivity index (χ2v) is 8.03. The van der Waals surface area contributed by atoms with Crippen molar-refractivity contribution in [3.63, 3.8) is 0 Å². The summed E-state index contributed by atoms with van der Waals surface area (Å²) in [6.07, 6.45) is 3.09. The number of aliphatic carboxylic acids is 1. The highest BCUT2D eigenvalue weighted by molar-refractivity contribution is 7.80. The van der Waals surface area contributed by atoms with E-state index in [2.05, 4.69) is 5.32 Å². The van der Waals surface area contributed by atoms with E-state index in [9.17, 15) is 14.4 Å². The average molecular weight is 481 g/mol. The first-order valence-corrected chi connectivity index (χ1v) is 10.6. The molecule has 0 unspecified atom stereocenters. The van der Waals surface area contributed by atoms with Crippen molar-refractivity contribution >= 4 is 64.4 Å². The van der Waals surface area contributed by atoms with Crippen molar-refractivity contribution in [2.75, 3.05) is 6.54 Å². The lowest BCUT2D eigenvalue weighted by molar-refractivity contribution is -0.137. The van der Waals surface area contributed by atoms with E-state index < -0.39 is 17.8 Å². The SMILES string of the molecule is O=C(O)CCCCCN1C(=O)C(=Cc2ccc(-c3cc(Cl)ccc3Cl)o2)C(=O)NC1=S. The Kier molecular flexibility index (Phi) is 7.48. The third-order valence-corrected chi connectivity index (χ3v) is 5.45. The minimum atomic E-state index is -0.862. The summed E-state index contributed by atoms with van der Waals surface area (Å²) in [7, 11) is 0. The Labute approximate surface area is 193 Å². The Hall–Kier alpha value is -2.68. The van der Waals surface area contributed by atoms with Crippen LogP contribution in [0, 0.1) is 0 Å². The molecule has 1 aromatic carbocycles. The van der Waals surface area contributed by atoms with Gasteiger partial charge in [-0.2, -0.15) is 0 Å². The van der Waals surface area contributed by atoms with Crippen LogP contribution in [0.2, 0.25) is 10.0 Å². The first kappa shape index (κ1) is 23.0. The summed E-state index contributed by atoms with van der Waals surface area (Å²) >= 11 is 17.3. The summed E-state index contributed by atoms with van der Waals surface area (Å²) in [6, 6.07) is 8.24. The van der Waals surface area contributed by atoms with Gasteiger partial charge in [-0.15, -0.1) is 0 Å². The number of furan rings is 1. The van der Waals surface area contributed by atoms with Gasteiger partial charge in [0.2, 0.25) is 0 Å². The Balaban J connectivity index is 1.75. The van der Waals surface area contributed by atoms with Crippen molar-refractivity contribution in [1.82, 2.24) is 10.2 Å². The Morgan fingerprint density at radius 2 is 1.94 bits per heavy atom. The van der Waals surface area contributed by atoms with Crippen LogP contribution in [0.15, 0.2) is 40.3 Å². The first-order chi connectivity index (χ1) is 14.8. The predicted octanol–water partition coefficient (Wildman–Crippen LogP) is 4.53. The number of halogens is 2. The molecular weight excluding hydrogens is 463 g/mol. The fraction of sp³-hybridized carbons (Fsp3) is 0.238. The van der Waals surface area contributed by atoms with Gasteiger partial charge in [-0.25, -0.2) is 0 Å². The standard InChI is InChI=1S/C21H18Cl2N2O5S/c22-12-5-7-16(23)14(10-12)17-8-6-13(30-17)11-15-19(28)24-21(31)25(20(15)29)9-3-1-2-4-18(26)27/h5-8,10-11H,1-4,9H2,(H,26,27)(H,24,28,31). The number of nitrogens with one attached hydrogen (secondary N) is 1. The number of benzene rings is 1. The number of carboxylic acids is 1. The maximum absolute atomic E-state index is 12.8. The molecule has 1 aliphatic rings. The molecular formula is C21H18Cl2N2O5S. The number of unbranched alkanes of at least 4 members (excludes halogenated alkanes) is 2. The zero-order chi connectivity index (χ0) is 22.5. The van der Waals surface area contributed by atoms with Crippen molar-refractivity contribution < 1.29 is 23.9 Å². The van der Waals surface area contributed by atoms with Gasteiger partial charge >= 0.3 is 5.97 Å². The summed E-state index contributed by atoms with van der Waals surface area (Å²) in [5.41, 5.74) is 0.472. The van der Waals surface area contributed by atoms with Crippen LogP contribution in [0.5, 0.6) is 0 Å². The lowest BCUT2D eigenvalue weighted by Crippen LogP contribution is -2.54. The maximum Gasteiger partial charge on any atom is 0.303 e. The van der Waals surface area contributed by atoms with Crippen molar-refractivity contribution in [2.45, 2.75) is 25.7 Å². The molecule has 162 valence electrons. The van der Waals surface area contributed by atoms with E-state index in [4.69, 9.17) is 44.9 Å². The number of carbonyl (C=O) groups excluding carboxylic acids is 2. The van der Waals surface area contributed by atoms with Crippen molar-refractivity contribution in [1.29, 1.82) is 0 Å².